The van der Waals surface area contributed by atoms with Gasteiger partial charge in [-0.05, 0) is 24.6 Å². The third-order valence-electron chi connectivity index (χ3n) is 2.17. The van der Waals surface area contributed by atoms with Crippen LogP contribution in [0.3, 0.4) is 0 Å². The van der Waals surface area contributed by atoms with Crippen LogP contribution in [-0.2, 0) is 0 Å². The van der Waals surface area contributed by atoms with E-state index in [4.69, 9.17) is 22.1 Å². The summed E-state index contributed by atoms with van der Waals surface area (Å²) in [6.07, 6.45) is -3.08. The van der Waals surface area contributed by atoms with Crippen LogP contribution in [0.4, 0.5) is 13.2 Å². The van der Waals surface area contributed by atoms with Gasteiger partial charge in [-0.3, -0.25) is 0 Å². The van der Waals surface area contributed by atoms with Crippen molar-refractivity contribution in [2.75, 3.05) is 6.61 Å². The van der Waals surface area contributed by atoms with Crippen LogP contribution < -0.4 is 10.5 Å². The highest BCUT2D eigenvalue weighted by molar-refractivity contribution is 6.32. The minimum Gasteiger partial charge on any atom is -0.489 e. The Hall–Kier alpha value is -0.650. The second-order valence-corrected chi connectivity index (χ2v) is 3.89. The summed E-state index contributed by atoms with van der Waals surface area (Å²) >= 11 is 5.79. The second kappa shape index (κ2) is 7.71. The van der Waals surface area contributed by atoms with Crippen molar-refractivity contribution >= 4 is 24.0 Å². The molecule has 7 heteroatoms. The first kappa shape index (κ1) is 17.4. The van der Waals surface area contributed by atoms with Crippen LogP contribution in [0.1, 0.15) is 24.9 Å². The number of alkyl halides is 2. The largest absolute Gasteiger partial charge is 0.489 e. The van der Waals surface area contributed by atoms with E-state index in [0.29, 0.717) is 0 Å². The fourth-order valence-corrected chi connectivity index (χ4v) is 1.67. The van der Waals surface area contributed by atoms with Crippen LogP contribution in [0.15, 0.2) is 12.1 Å². The number of benzene rings is 1. The standard InChI is InChI=1S/C11H13ClF3NO.ClH/c1-2-17-11-7(12)3-6(4-8(11)13)9(16)5-10(14)15;/h3-4,9-10H,2,5,16H2,1H3;1H/t9-;/m0./s1. The Morgan fingerprint density at radius 3 is 2.44 bits per heavy atom. The summed E-state index contributed by atoms with van der Waals surface area (Å²) < 4.78 is 42.8. The summed E-state index contributed by atoms with van der Waals surface area (Å²) in [6.45, 7) is 1.95. The molecule has 0 saturated heterocycles. The van der Waals surface area contributed by atoms with Gasteiger partial charge < -0.3 is 10.5 Å². The minimum atomic E-state index is -2.54. The van der Waals surface area contributed by atoms with Crippen LogP contribution >= 0.6 is 24.0 Å². The quantitative estimate of drug-likeness (QED) is 0.894. The Morgan fingerprint density at radius 1 is 1.39 bits per heavy atom. The van der Waals surface area contributed by atoms with E-state index in [0.717, 1.165) is 6.07 Å². The molecular formula is C11H14Cl2F3NO. The normalized spacial score (nSPS) is 12.2. The van der Waals surface area contributed by atoms with Gasteiger partial charge in [0.1, 0.15) is 0 Å². The van der Waals surface area contributed by atoms with Crippen molar-refractivity contribution < 1.29 is 17.9 Å². The van der Waals surface area contributed by atoms with Gasteiger partial charge in [0.15, 0.2) is 11.6 Å². The number of nitrogens with two attached hydrogens (primary N) is 1. The monoisotopic (exact) mass is 303 g/mol. The first-order valence-electron chi connectivity index (χ1n) is 5.11. The van der Waals surface area contributed by atoms with Crippen LogP contribution in [-0.4, -0.2) is 13.0 Å². The molecule has 1 atom stereocenters. The third kappa shape index (κ3) is 4.55. The summed E-state index contributed by atoms with van der Waals surface area (Å²) in [7, 11) is 0. The molecule has 0 bridgehead atoms. The van der Waals surface area contributed by atoms with E-state index < -0.39 is 24.7 Å². The average Bonchev–Trinajstić information content (AvgIpc) is 2.22. The zero-order valence-electron chi connectivity index (χ0n) is 9.63. The second-order valence-electron chi connectivity index (χ2n) is 3.48. The van der Waals surface area contributed by atoms with Gasteiger partial charge in [-0.1, -0.05) is 11.6 Å². The molecule has 0 amide bonds. The maximum absolute atomic E-state index is 13.5. The van der Waals surface area contributed by atoms with Crippen LogP contribution in [0.2, 0.25) is 5.02 Å². The number of ether oxygens (including phenoxy) is 1. The lowest BCUT2D eigenvalue weighted by atomic mass is 10.0. The highest BCUT2D eigenvalue weighted by atomic mass is 35.5. The number of hydrogen-bond acceptors (Lipinski definition) is 2. The molecule has 0 fully saturated rings. The van der Waals surface area contributed by atoms with E-state index in [1.54, 1.807) is 6.92 Å². The van der Waals surface area contributed by atoms with Gasteiger partial charge in [0.05, 0.1) is 11.6 Å². The number of hydrogen-bond donors (Lipinski definition) is 1. The molecule has 0 saturated carbocycles. The lowest BCUT2D eigenvalue weighted by Crippen LogP contribution is -2.14. The number of halogens is 5. The summed E-state index contributed by atoms with van der Waals surface area (Å²) in [5.41, 5.74) is 5.74. The summed E-state index contributed by atoms with van der Waals surface area (Å²) in [5, 5.41) is 0.0339. The molecule has 0 heterocycles. The molecule has 1 rings (SSSR count). The topological polar surface area (TPSA) is 35.2 Å². The molecule has 0 aromatic heterocycles. The van der Waals surface area contributed by atoms with Gasteiger partial charge in [-0.25, -0.2) is 13.2 Å². The molecule has 0 aliphatic carbocycles. The van der Waals surface area contributed by atoms with Crippen LogP contribution in [0.5, 0.6) is 5.75 Å². The number of rotatable bonds is 5. The fourth-order valence-electron chi connectivity index (χ4n) is 1.40. The smallest absolute Gasteiger partial charge is 0.240 e. The predicted molar refractivity (Wildman–Crippen MR) is 67.4 cm³/mol. The summed E-state index contributed by atoms with van der Waals surface area (Å²) in [5.74, 6) is -0.777. The van der Waals surface area contributed by atoms with E-state index in [1.807, 2.05) is 0 Å². The molecule has 0 aliphatic rings. The van der Waals surface area contributed by atoms with Crippen molar-refractivity contribution in [3.8, 4) is 5.75 Å². The van der Waals surface area contributed by atoms with Crippen molar-refractivity contribution in [3.05, 3.63) is 28.5 Å². The van der Waals surface area contributed by atoms with Gasteiger partial charge in [0.25, 0.3) is 0 Å². The maximum atomic E-state index is 13.5. The molecule has 0 unspecified atom stereocenters. The van der Waals surface area contributed by atoms with E-state index in [-0.39, 0.29) is 35.3 Å². The first-order valence-corrected chi connectivity index (χ1v) is 5.49. The summed E-state index contributed by atoms with van der Waals surface area (Å²) in [6, 6.07) is 1.48. The van der Waals surface area contributed by atoms with E-state index >= 15 is 0 Å². The SMILES string of the molecule is CCOc1c(F)cc([C@@H](N)CC(F)F)cc1Cl.Cl. The van der Waals surface area contributed by atoms with Crippen LogP contribution in [0, 0.1) is 5.82 Å². The molecule has 18 heavy (non-hydrogen) atoms. The molecule has 0 spiro atoms. The van der Waals surface area contributed by atoms with Crippen molar-refractivity contribution in [3.63, 3.8) is 0 Å². The van der Waals surface area contributed by atoms with E-state index in [1.165, 1.54) is 6.07 Å². The predicted octanol–water partition coefficient (Wildman–Crippen LogP) is 3.95. The molecular weight excluding hydrogens is 290 g/mol. The van der Waals surface area contributed by atoms with Gasteiger partial charge in [-0.2, -0.15) is 0 Å². The maximum Gasteiger partial charge on any atom is 0.240 e. The first-order chi connectivity index (χ1) is 7.95. The van der Waals surface area contributed by atoms with Crippen molar-refractivity contribution in [2.24, 2.45) is 5.73 Å². The molecule has 0 aliphatic heterocycles. The van der Waals surface area contributed by atoms with Crippen molar-refractivity contribution in [1.82, 2.24) is 0 Å². The zero-order valence-corrected chi connectivity index (χ0v) is 11.2. The lowest BCUT2D eigenvalue weighted by molar-refractivity contribution is 0.128. The summed E-state index contributed by atoms with van der Waals surface area (Å²) in [4.78, 5) is 0. The van der Waals surface area contributed by atoms with Gasteiger partial charge >= 0.3 is 0 Å². The van der Waals surface area contributed by atoms with E-state index in [2.05, 4.69) is 0 Å². The minimum absolute atomic E-state index is 0. The molecule has 2 N–H and O–H groups in total. The van der Waals surface area contributed by atoms with Crippen molar-refractivity contribution in [1.29, 1.82) is 0 Å². The fraction of sp³-hybridized carbons (Fsp3) is 0.455. The van der Waals surface area contributed by atoms with E-state index in [9.17, 15) is 13.2 Å². The van der Waals surface area contributed by atoms with Gasteiger partial charge in [0.2, 0.25) is 6.43 Å². The van der Waals surface area contributed by atoms with Crippen molar-refractivity contribution in [2.45, 2.75) is 25.8 Å². The molecule has 104 valence electrons. The lowest BCUT2D eigenvalue weighted by Gasteiger charge is -2.14. The Morgan fingerprint density at radius 2 is 2.00 bits per heavy atom. The molecule has 0 radical (unpaired) electrons. The Balaban J connectivity index is 0.00000289. The highest BCUT2D eigenvalue weighted by Gasteiger charge is 2.17. The molecule has 1 aromatic carbocycles. The van der Waals surface area contributed by atoms with Gasteiger partial charge in [0, 0.05) is 12.5 Å². The Kier molecular flexibility index (Phi) is 7.43. The Labute approximate surface area is 115 Å². The molecule has 2 nitrogen and oxygen atoms in total. The zero-order chi connectivity index (χ0) is 13.0. The average molecular weight is 304 g/mol. The van der Waals surface area contributed by atoms with Crippen LogP contribution in [0.25, 0.3) is 0 Å². The molecule has 1 aromatic rings. The van der Waals surface area contributed by atoms with Gasteiger partial charge in [-0.15, -0.1) is 12.4 Å². The third-order valence-corrected chi connectivity index (χ3v) is 2.45. The Bertz CT molecular complexity index is 368. The highest BCUT2D eigenvalue weighted by Crippen LogP contribution is 2.32.